The minimum atomic E-state index is 0.550. The highest BCUT2D eigenvalue weighted by Crippen LogP contribution is 2.19. The van der Waals surface area contributed by atoms with Crippen LogP contribution in [0.3, 0.4) is 0 Å². The van der Waals surface area contributed by atoms with Crippen molar-refractivity contribution >= 4 is 11.8 Å². The Morgan fingerprint density at radius 1 is 1.10 bits per heavy atom. The van der Waals surface area contributed by atoms with Crippen molar-refractivity contribution in [3.8, 4) is 0 Å². The lowest BCUT2D eigenvalue weighted by atomic mass is 10.1. The summed E-state index contributed by atoms with van der Waals surface area (Å²) in [6.07, 6.45) is 6.94. The molecule has 2 saturated heterocycles. The van der Waals surface area contributed by atoms with Crippen molar-refractivity contribution in [2.75, 3.05) is 44.7 Å². The molecule has 1 N–H and O–H groups in total. The maximum absolute atomic E-state index is 5.97. The quantitative estimate of drug-likeness (QED) is 0.546. The number of hydrogen-bond acceptors (Lipinski definition) is 4. The van der Waals surface area contributed by atoms with Gasteiger partial charge in [-0.1, -0.05) is 30.3 Å². The van der Waals surface area contributed by atoms with E-state index in [0.717, 1.165) is 57.5 Å². The first-order valence-corrected chi connectivity index (χ1v) is 11.6. The van der Waals surface area contributed by atoms with Gasteiger partial charge in [-0.25, -0.2) is 4.98 Å². The average molecular weight is 422 g/mol. The van der Waals surface area contributed by atoms with Crippen LogP contribution < -0.4 is 10.2 Å². The third kappa shape index (κ3) is 6.20. The molecule has 6 heteroatoms. The van der Waals surface area contributed by atoms with E-state index in [1.807, 2.05) is 19.3 Å². The van der Waals surface area contributed by atoms with Crippen LogP contribution >= 0.6 is 0 Å². The van der Waals surface area contributed by atoms with E-state index < -0.39 is 0 Å². The number of aromatic nitrogens is 1. The maximum atomic E-state index is 5.97. The van der Waals surface area contributed by atoms with Crippen LogP contribution in [0.2, 0.25) is 0 Å². The number of likely N-dealkylation sites (tertiary alicyclic amines) is 1. The lowest BCUT2D eigenvalue weighted by Crippen LogP contribution is -2.40. The molecule has 0 bridgehead atoms. The first-order valence-electron chi connectivity index (χ1n) is 11.6. The van der Waals surface area contributed by atoms with Crippen molar-refractivity contribution in [1.82, 2.24) is 15.2 Å². The number of nitrogens with one attached hydrogen (secondary N) is 1. The highest BCUT2D eigenvalue weighted by atomic mass is 16.5. The molecule has 2 aliphatic rings. The van der Waals surface area contributed by atoms with E-state index in [1.54, 1.807) is 0 Å². The molecule has 0 radical (unpaired) electrons. The summed E-state index contributed by atoms with van der Waals surface area (Å²) in [6, 6.07) is 14.7. The van der Waals surface area contributed by atoms with Crippen molar-refractivity contribution in [2.45, 2.75) is 38.8 Å². The molecule has 2 aliphatic heterocycles. The molecule has 1 atom stereocenters. The molecular formula is C25H35N5O. The van der Waals surface area contributed by atoms with Crippen molar-refractivity contribution in [3.63, 3.8) is 0 Å². The van der Waals surface area contributed by atoms with Crippen molar-refractivity contribution in [2.24, 2.45) is 10.9 Å². The molecule has 0 saturated carbocycles. The van der Waals surface area contributed by atoms with Crippen LogP contribution in [-0.2, 0) is 17.9 Å². The fourth-order valence-electron chi connectivity index (χ4n) is 4.46. The van der Waals surface area contributed by atoms with Gasteiger partial charge in [-0.05, 0) is 48.9 Å². The first-order chi connectivity index (χ1) is 15.3. The number of aliphatic imine (C=N–C) groups is 1. The van der Waals surface area contributed by atoms with Crippen LogP contribution in [0.5, 0.6) is 0 Å². The summed E-state index contributed by atoms with van der Waals surface area (Å²) in [6.45, 7) is 6.50. The third-order valence-electron chi connectivity index (χ3n) is 6.20. The second-order valence-electron chi connectivity index (χ2n) is 8.57. The lowest BCUT2D eigenvalue weighted by Gasteiger charge is -2.28. The Morgan fingerprint density at radius 2 is 1.94 bits per heavy atom. The zero-order valence-corrected chi connectivity index (χ0v) is 18.7. The smallest absolute Gasteiger partial charge is 0.193 e. The van der Waals surface area contributed by atoms with Crippen molar-refractivity contribution < 1.29 is 4.74 Å². The van der Waals surface area contributed by atoms with Gasteiger partial charge >= 0.3 is 0 Å². The Labute approximate surface area is 186 Å². The number of anilines is 1. The molecule has 166 valence electrons. The molecule has 4 rings (SSSR count). The monoisotopic (exact) mass is 421 g/mol. The Morgan fingerprint density at radius 3 is 2.74 bits per heavy atom. The highest BCUT2D eigenvalue weighted by Gasteiger charge is 2.25. The van der Waals surface area contributed by atoms with Crippen LogP contribution in [0.25, 0.3) is 0 Å². The van der Waals surface area contributed by atoms with E-state index >= 15 is 0 Å². The zero-order chi connectivity index (χ0) is 21.3. The fraction of sp³-hybridized carbons (Fsp3) is 0.520. The number of nitrogens with zero attached hydrogens (tertiary/aromatic N) is 4. The number of benzene rings is 1. The summed E-state index contributed by atoms with van der Waals surface area (Å²) >= 11 is 0. The van der Waals surface area contributed by atoms with Gasteiger partial charge in [-0.15, -0.1) is 0 Å². The van der Waals surface area contributed by atoms with Crippen molar-refractivity contribution in [3.05, 3.63) is 59.8 Å². The Kier molecular flexibility index (Phi) is 7.77. The van der Waals surface area contributed by atoms with Crippen LogP contribution in [0, 0.1) is 5.92 Å². The topological polar surface area (TPSA) is 53.0 Å². The second kappa shape index (κ2) is 11.1. The minimum Gasteiger partial charge on any atom is -0.376 e. The molecule has 1 aromatic heterocycles. The summed E-state index contributed by atoms with van der Waals surface area (Å²) in [5.41, 5.74) is 2.48. The second-order valence-corrected chi connectivity index (χ2v) is 8.57. The fourth-order valence-corrected chi connectivity index (χ4v) is 4.46. The molecule has 1 unspecified atom stereocenters. The lowest BCUT2D eigenvalue weighted by molar-refractivity contribution is 0.0906. The molecule has 2 fully saturated rings. The Bertz CT molecular complexity index is 835. The Balaban J connectivity index is 1.23. The molecule has 2 aromatic rings. The van der Waals surface area contributed by atoms with Crippen LogP contribution in [0.4, 0.5) is 5.82 Å². The van der Waals surface area contributed by atoms with E-state index in [1.165, 1.54) is 30.4 Å². The third-order valence-corrected chi connectivity index (χ3v) is 6.20. The number of guanidine groups is 1. The SMILES string of the molecule is CN=C(NCc1ccnc(N2CCCCC2)c1)N1CCC(COCc2ccccc2)C1. The average Bonchev–Trinajstić information content (AvgIpc) is 3.30. The molecule has 3 heterocycles. The predicted octanol–water partition coefficient (Wildman–Crippen LogP) is 3.69. The number of hydrogen-bond donors (Lipinski definition) is 1. The number of rotatable bonds is 7. The van der Waals surface area contributed by atoms with Gasteiger partial charge in [-0.3, -0.25) is 4.99 Å². The summed E-state index contributed by atoms with van der Waals surface area (Å²) in [7, 11) is 1.87. The van der Waals surface area contributed by atoms with E-state index in [-0.39, 0.29) is 0 Å². The van der Waals surface area contributed by atoms with Gasteiger partial charge in [0, 0.05) is 51.9 Å². The predicted molar refractivity (Wildman–Crippen MR) is 126 cm³/mol. The number of pyridine rings is 1. The van der Waals surface area contributed by atoms with Gasteiger partial charge in [0.05, 0.1) is 13.2 Å². The first kappa shape index (κ1) is 21.6. The molecule has 31 heavy (non-hydrogen) atoms. The maximum Gasteiger partial charge on any atom is 0.193 e. The van der Waals surface area contributed by atoms with Gasteiger partial charge in [0.15, 0.2) is 5.96 Å². The number of ether oxygens (including phenoxy) is 1. The highest BCUT2D eigenvalue weighted by molar-refractivity contribution is 5.80. The Hall–Kier alpha value is -2.60. The van der Waals surface area contributed by atoms with Crippen LogP contribution in [0.1, 0.15) is 36.8 Å². The molecule has 0 aliphatic carbocycles. The summed E-state index contributed by atoms with van der Waals surface area (Å²) in [4.78, 5) is 13.9. The molecular weight excluding hydrogens is 386 g/mol. The zero-order valence-electron chi connectivity index (χ0n) is 18.7. The van der Waals surface area contributed by atoms with E-state index in [0.29, 0.717) is 12.5 Å². The van der Waals surface area contributed by atoms with Crippen LogP contribution in [0.15, 0.2) is 53.7 Å². The summed E-state index contributed by atoms with van der Waals surface area (Å²) in [5.74, 6) is 2.63. The van der Waals surface area contributed by atoms with Gasteiger partial charge < -0.3 is 19.9 Å². The molecule has 1 aromatic carbocycles. The minimum absolute atomic E-state index is 0.550. The van der Waals surface area contributed by atoms with Crippen molar-refractivity contribution in [1.29, 1.82) is 0 Å². The molecule has 6 nitrogen and oxygen atoms in total. The van der Waals surface area contributed by atoms with Gasteiger partial charge in [0.2, 0.25) is 0 Å². The molecule has 0 spiro atoms. The molecule has 0 amide bonds. The largest absolute Gasteiger partial charge is 0.376 e. The standard InChI is InChI=1S/C25H35N5O/c1-26-25(28-17-22-10-12-27-24(16-22)29-13-6-3-7-14-29)30-15-11-23(18-30)20-31-19-21-8-4-2-5-9-21/h2,4-5,8-10,12,16,23H,3,6-7,11,13-15,17-20H2,1H3,(H,26,28). The van der Waals surface area contributed by atoms with Gasteiger partial charge in [0.1, 0.15) is 5.82 Å². The van der Waals surface area contributed by atoms with E-state index in [9.17, 15) is 0 Å². The number of piperidine rings is 1. The summed E-state index contributed by atoms with van der Waals surface area (Å²) < 4.78 is 5.97. The summed E-state index contributed by atoms with van der Waals surface area (Å²) in [5, 5.41) is 3.55. The van der Waals surface area contributed by atoms with E-state index in [4.69, 9.17) is 4.74 Å². The van der Waals surface area contributed by atoms with Crippen LogP contribution in [-0.4, -0.2) is 55.7 Å². The van der Waals surface area contributed by atoms with Gasteiger partial charge in [0.25, 0.3) is 0 Å². The van der Waals surface area contributed by atoms with Gasteiger partial charge in [-0.2, -0.15) is 0 Å². The normalized spacial score (nSPS) is 19.6. The van der Waals surface area contributed by atoms with E-state index in [2.05, 4.69) is 61.5 Å².